The first-order valence-corrected chi connectivity index (χ1v) is 7.42. The minimum atomic E-state index is -3.79. The normalized spacial score (nSPS) is 18.5. The van der Waals surface area contributed by atoms with Crippen LogP contribution in [0.2, 0.25) is 0 Å². The van der Waals surface area contributed by atoms with E-state index >= 15 is 0 Å². The third-order valence-electron chi connectivity index (χ3n) is 3.39. The smallest absolute Gasteiger partial charge is 0.339 e. The summed E-state index contributed by atoms with van der Waals surface area (Å²) >= 11 is 0. The second-order valence-corrected chi connectivity index (χ2v) is 6.74. The Hall–Kier alpha value is -1.64. The number of hydrogen-bond donors (Lipinski definition) is 3. The van der Waals surface area contributed by atoms with Crippen molar-refractivity contribution in [3.05, 3.63) is 23.8 Å². The van der Waals surface area contributed by atoms with Crippen LogP contribution >= 0.6 is 0 Å². The summed E-state index contributed by atoms with van der Waals surface area (Å²) in [6, 6.07) is 3.14. The van der Waals surface area contributed by atoms with Gasteiger partial charge >= 0.3 is 5.97 Å². The number of carboxylic acid groups (broad SMARTS) is 1. The number of phenols is 1. The molecular formula is C12H15NO6S. The number of sulfonamides is 1. The fourth-order valence-electron chi connectivity index (χ4n) is 1.97. The van der Waals surface area contributed by atoms with E-state index in [4.69, 9.17) is 5.11 Å². The largest absolute Gasteiger partial charge is 0.507 e. The van der Waals surface area contributed by atoms with Gasteiger partial charge in [0.15, 0.2) is 0 Å². The molecule has 0 aromatic heterocycles. The van der Waals surface area contributed by atoms with E-state index in [0.29, 0.717) is 0 Å². The highest BCUT2D eigenvalue weighted by Crippen LogP contribution is 2.29. The first-order chi connectivity index (χ1) is 9.23. The summed E-state index contributed by atoms with van der Waals surface area (Å²) in [4.78, 5) is 10.7. The van der Waals surface area contributed by atoms with Crippen LogP contribution in [0.15, 0.2) is 23.1 Å². The summed E-state index contributed by atoms with van der Waals surface area (Å²) in [6.45, 7) is 1.99. The number of aliphatic hydroxyl groups is 1. The van der Waals surface area contributed by atoms with Gasteiger partial charge < -0.3 is 15.3 Å². The van der Waals surface area contributed by atoms with Crippen molar-refractivity contribution in [2.75, 3.05) is 13.1 Å². The van der Waals surface area contributed by atoms with Crippen LogP contribution in [0.25, 0.3) is 0 Å². The van der Waals surface area contributed by atoms with Crippen molar-refractivity contribution in [1.29, 1.82) is 0 Å². The fourth-order valence-corrected chi connectivity index (χ4v) is 3.55. The number of aromatic hydroxyl groups is 1. The molecular weight excluding hydrogens is 286 g/mol. The lowest BCUT2D eigenvalue weighted by Crippen LogP contribution is -2.53. The number of aliphatic hydroxyl groups excluding tert-OH is 1. The van der Waals surface area contributed by atoms with Gasteiger partial charge in [0.1, 0.15) is 11.3 Å². The van der Waals surface area contributed by atoms with Gasteiger partial charge in [-0.3, -0.25) is 0 Å². The Labute approximate surface area is 116 Å². The van der Waals surface area contributed by atoms with Gasteiger partial charge in [-0.25, -0.2) is 13.2 Å². The number of nitrogens with zero attached hydrogens (tertiary/aromatic N) is 1. The maximum absolute atomic E-state index is 12.2. The SMILES string of the molecule is C[C@@H](O)C1CN(S(=O)(=O)c2ccc(O)c(C(=O)O)c2)C1. The summed E-state index contributed by atoms with van der Waals surface area (Å²) in [5.41, 5.74) is -0.460. The Morgan fingerprint density at radius 2 is 2.00 bits per heavy atom. The van der Waals surface area contributed by atoms with Crippen LogP contribution in [0, 0.1) is 5.92 Å². The number of carbonyl (C=O) groups is 1. The summed E-state index contributed by atoms with van der Waals surface area (Å²) in [6.07, 6.45) is -0.587. The maximum atomic E-state index is 12.2. The van der Waals surface area contributed by atoms with Gasteiger partial charge in [-0.05, 0) is 25.1 Å². The zero-order chi connectivity index (χ0) is 15.1. The van der Waals surface area contributed by atoms with Crippen molar-refractivity contribution in [3.8, 4) is 5.75 Å². The van der Waals surface area contributed by atoms with E-state index < -0.39 is 33.4 Å². The van der Waals surface area contributed by atoms with Crippen LogP contribution in [-0.4, -0.2) is 53.2 Å². The van der Waals surface area contributed by atoms with Gasteiger partial charge in [0.25, 0.3) is 0 Å². The van der Waals surface area contributed by atoms with Gasteiger partial charge in [0.2, 0.25) is 10.0 Å². The Balaban J connectivity index is 2.28. The molecule has 1 aliphatic rings. The van der Waals surface area contributed by atoms with Crippen LogP contribution in [0.1, 0.15) is 17.3 Å². The molecule has 1 heterocycles. The zero-order valence-electron chi connectivity index (χ0n) is 10.7. The van der Waals surface area contributed by atoms with Gasteiger partial charge in [-0.1, -0.05) is 0 Å². The minimum absolute atomic E-state index is 0.110. The van der Waals surface area contributed by atoms with E-state index in [-0.39, 0.29) is 23.9 Å². The molecule has 2 rings (SSSR count). The standard InChI is InChI=1S/C12H15NO6S/c1-7(14)8-5-13(6-8)20(18,19)9-2-3-11(15)10(4-9)12(16)17/h2-4,7-8,14-15H,5-6H2,1H3,(H,16,17)/t7-/m1/s1. The first-order valence-electron chi connectivity index (χ1n) is 5.98. The molecule has 1 saturated heterocycles. The van der Waals surface area contributed by atoms with E-state index in [1.54, 1.807) is 6.92 Å². The number of rotatable bonds is 4. The zero-order valence-corrected chi connectivity index (χ0v) is 11.5. The molecule has 0 spiro atoms. The van der Waals surface area contributed by atoms with Crippen molar-refractivity contribution < 1.29 is 28.5 Å². The lowest BCUT2D eigenvalue weighted by molar-refractivity contribution is 0.0499. The molecule has 0 radical (unpaired) electrons. The number of aromatic carboxylic acids is 1. The van der Waals surface area contributed by atoms with Crippen LogP contribution in [0.4, 0.5) is 0 Å². The van der Waals surface area contributed by atoms with Gasteiger partial charge in [-0.2, -0.15) is 4.31 Å². The quantitative estimate of drug-likeness (QED) is 0.726. The second-order valence-electron chi connectivity index (χ2n) is 4.81. The topological polar surface area (TPSA) is 115 Å². The Kier molecular flexibility index (Phi) is 3.72. The molecule has 1 atom stereocenters. The lowest BCUT2D eigenvalue weighted by atomic mass is 9.98. The third kappa shape index (κ3) is 2.49. The molecule has 1 aromatic carbocycles. The first kappa shape index (κ1) is 14.8. The predicted molar refractivity (Wildman–Crippen MR) is 69.0 cm³/mol. The second kappa shape index (κ2) is 5.04. The van der Waals surface area contributed by atoms with E-state index in [1.807, 2.05) is 0 Å². The van der Waals surface area contributed by atoms with Crippen LogP contribution in [-0.2, 0) is 10.0 Å². The monoisotopic (exact) mass is 301 g/mol. The molecule has 3 N–H and O–H groups in total. The predicted octanol–water partition coefficient (Wildman–Crippen LogP) is 0.0917. The van der Waals surface area contributed by atoms with Gasteiger partial charge in [-0.15, -0.1) is 0 Å². The Bertz CT molecular complexity index is 633. The highest BCUT2D eigenvalue weighted by Gasteiger charge is 2.39. The maximum Gasteiger partial charge on any atom is 0.339 e. The van der Waals surface area contributed by atoms with Gasteiger partial charge in [0.05, 0.1) is 11.0 Å². The van der Waals surface area contributed by atoms with Crippen LogP contribution in [0.3, 0.4) is 0 Å². The Morgan fingerprint density at radius 1 is 1.40 bits per heavy atom. The third-order valence-corrected chi connectivity index (χ3v) is 5.22. The average Bonchev–Trinajstić information content (AvgIpc) is 2.25. The van der Waals surface area contributed by atoms with Crippen molar-refractivity contribution in [2.24, 2.45) is 5.92 Å². The minimum Gasteiger partial charge on any atom is -0.507 e. The molecule has 1 aromatic rings. The molecule has 0 aliphatic carbocycles. The van der Waals surface area contributed by atoms with E-state index in [9.17, 15) is 23.4 Å². The number of carboxylic acids is 1. The van der Waals surface area contributed by atoms with Crippen molar-refractivity contribution >= 4 is 16.0 Å². The fraction of sp³-hybridized carbons (Fsp3) is 0.417. The van der Waals surface area contributed by atoms with Crippen molar-refractivity contribution in [1.82, 2.24) is 4.31 Å². The summed E-state index contributed by atoms with van der Waals surface area (Å²) < 4.78 is 25.6. The molecule has 20 heavy (non-hydrogen) atoms. The summed E-state index contributed by atoms with van der Waals surface area (Å²) in [5, 5.41) is 27.6. The number of benzene rings is 1. The van der Waals surface area contributed by atoms with Crippen molar-refractivity contribution in [3.63, 3.8) is 0 Å². The van der Waals surface area contributed by atoms with Gasteiger partial charge in [0, 0.05) is 19.0 Å². The highest BCUT2D eigenvalue weighted by atomic mass is 32.2. The number of hydrogen-bond acceptors (Lipinski definition) is 5. The molecule has 0 amide bonds. The highest BCUT2D eigenvalue weighted by molar-refractivity contribution is 7.89. The molecule has 0 bridgehead atoms. The molecule has 110 valence electrons. The van der Waals surface area contributed by atoms with E-state index in [2.05, 4.69) is 0 Å². The molecule has 1 aliphatic heterocycles. The Morgan fingerprint density at radius 3 is 2.50 bits per heavy atom. The molecule has 7 nitrogen and oxygen atoms in total. The molecule has 0 unspecified atom stereocenters. The van der Waals surface area contributed by atoms with Crippen LogP contribution < -0.4 is 0 Å². The lowest BCUT2D eigenvalue weighted by Gasteiger charge is -2.39. The average molecular weight is 301 g/mol. The molecule has 1 fully saturated rings. The van der Waals surface area contributed by atoms with E-state index in [1.165, 1.54) is 4.31 Å². The molecule has 8 heteroatoms. The van der Waals surface area contributed by atoms with Crippen LogP contribution in [0.5, 0.6) is 5.75 Å². The summed E-state index contributed by atoms with van der Waals surface area (Å²) in [5.74, 6) is -1.99. The van der Waals surface area contributed by atoms with E-state index in [0.717, 1.165) is 18.2 Å². The van der Waals surface area contributed by atoms with Crippen molar-refractivity contribution in [2.45, 2.75) is 17.9 Å². The molecule has 0 saturated carbocycles. The summed E-state index contributed by atoms with van der Waals surface area (Å²) in [7, 11) is -3.79.